The molecule has 0 bridgehead atoms. The Morgan fingerprint density at radius 1 is 1.79 bits per heavy atom. The summed E-state index contributed by atoms with van der Waals surface area (Å²) in [6.45, 7) is -3.56. The molecule has 0 aliphatic carbocycles. The van der Waals surface area contributed by atoms with E-state index in [9.17, 15) is 23.9 Å². The molecule has 1 aliphatic heterocycles. The molecule has 1 aromatic rings. The number of aromatic nitrogens is 2. The Hall–Kier alpha value is -1.84. The van der Waals surface area contributed by atoms with E-state index < -0.39 is 48.0 Å². The number of H-pyrrole nitrogens is 1. The van der Waals surface area contributed by atoms with E-state index in [-0.39, 0.29) is 10.9 Å². The normalized spacial score (nSPS) is 37.4. The van der Waals surface area contributed by atoms with Gasteiger partial charge in [-0.15, -0.1) is 0 Å². The predicted octanol–water partition coefficient (Wildman–Crippen LogP) is -1.71. The molecule has 19 heavy (non-hydrogen) atoms. The van der Waals surface area contributed by atoms with Crippen LogP contribution in [0, 0.1) is 0 Å². The van der Waals surface area contributed by atoms with Gasteiger partial charge < -0.3 is 14.9 Å². The maximum Gasteiger partial charge on any atom is 0.330 e. The van der Waals surface area contributed by atoms with Crippen molar-refractivity contribution in [2.24, 2.45) is 0 Å². The van der Waals surface area contributed by atoms with Gasteiger partial charge in [0.2, 0.25) is 5.85 Å². The molecule has 0 saturated carbocycles. The Kier molecular flexibility index (Phi) is 2.47. The number of alkyl halides is 1. The van der Waals surface area contributed by atoms with Crippen LogP contribution in [0.15, 0.2) is 15.8 Å². The molecular weight excluding hydrogens is 263 g/mol. The number of aldehydes is 1. The highest BCUT2D eigenvalue weighted by atomic mass is 19.2. The average Bonchev–Trinajstić information content (AvgIpc) is 2.61. The number of carbonyl (C=O) groups is 1. The van der Waals surface area contributed by atoms with Crippen molar-refractivity contribution in [2.45, 2.75) is 24.6 Å². The zero-order valence-corrected chi connectivity index (χ0v) is 9.29. The van der Waals surface area contributed by atoms with Crippen LogP contribution in [0.5, 0.6) is 0 Å². The number of aliphatic hydroxyl groups excluding tert-OH is 1. The van der Waals surface area contributed by atoms with Gasteiger partial charge in [0.15, 0.2) is 12.5 Å². The monoisotopic (exact) mass is 277 g/mol. The number of rotatable bonds is 3. The molecular formula is C10H11FN2O6. The van der Waals surface area contributed by atoms with Gasteiger partial charge in [-0.05, 0) is 0 Å². The van der Waals surface area contributed by atoms with E-state index in [1.807, 2.05) is 0 Å². The molecule has 1 aromatic heterocycles. The molecule has 0 amide bonds. The number of halogens is 1. The summed E-state index contributed by atoms with van der Waals surface area (Å²) in [5.74, 6) is -3.47. The van der Waals surface area contributed by atoms with Crippen LogP contribution < -0.4 is 11.2 Å². The minimum Gasteiger partial charge on any atom is -0.390 e. The largest absolute Gasteiger partial charge is 0.390 e. The van der Waals surface area contributed by atoms with Gasteiger partial charge in [-0.2, -0.15) is 0 Å². The highest BCUT2D eigenvalue weighted by Gasteiger charge is 2.47. The minimum atomic E-state index is -3.56. The van der Waals surface area contributed by atoms with Gasteiger partial charge in [-0.1, -0.05) is 0 Å². The molecule has 8 nitrogen and oxygen atoms in total. The van der Waals surface area contributed by atoms with E-state index in [2.05, 4.69) is 4.74 Å². The van der Waals surface area contributed by atoms with Crippen molar-refractivity contribution < 1.29 is 28.2 Å². The molecule has 0 unspecified atom stereocenters. The Labute approximate surface area is 109 Å². The van der Waals surface area contributed by atoms with Crippen molar-refractivity contribution in [1.82, 2.24) is 9.55 Å². The highest BCUT2D eigenvalue weighted by molar-refractivity contribution is 5.73. The third-order valence-corrected chi connectivity index (χ3v) is 2.51. The average molecular weight is 277 g/mol. The van der Waals surface area contributed by atoms with Gasteiger partial charge in [0.1, 0.15) is 12.7 Å². The first kappa shape index (κ1) is 10.0. The molecule has 1 aliphatic rings. The van der Waals surface area contributed by atoms with Crippen LogP contribution in [0.4, 0.5) is 4.39 Å². The smallest absolute Gasteiger partial charge is 0.330 e. The van der Waals surface area contributed by atoms with E-state index in [0.717, 1.165) is 0 Å². The molecule has 9 heteroatoms. The number of aliphatic hydroxyl groups is 2. The number of aromatic amines is 1. The second-order valence-electron chi connectivity index (χ2n) is 3.83. The van der Waals surface area contributed by atoms with Gasteiger partial charge >= 0.3 is 5.69 Å². The molecule has 0 radical (unpaired) electrons. The van der Waals surface area contributed by atoms with E-state index >= 15 is 0 Å². The lowest BCUT2D eigenvalue weighted by Gasteiger charge is -2.19. The maximum absolute atomic E-state index is 14.3. The fourth-order valence-corrected chi connectivity index (χ4v) is 1.62. The molecule has 2 heterocycles. The minimum absolute atomic E-state index is 0.0630. The van der Waals surface area contributed by atoms with Gasteiger partial charge in [0.05, 0.1) is 9.68 Å². The standard InChI is InChI=1S/C10H11FN2O6/c11-10(4-15)1-6(16)8(19-10)13-2-5(3-14)7(17)12-9(13)18/h2-3,6,8,15-16H,1,4H2,(H,12,17,18)/t6-,8-,10+/m1/s1/i4D2,8D. The van der Waals surface area contributed by atoms with E-state index in [1.54, 1.807) is 4.98 Å². The Bertz CT molecular complexity index is 731. The summed E-state index contributed by atoms with van der Waals surface area (Å²) < 4.78 is 40.7. The first-order valence-corrected chi connectivity index (χ1v) is 5.06. The summed E-state index contributed by atoms with van der Waals surface area (Å²) >= 11 is 0. The summed E-state index contributed by atoms with van der Waals surface area (Å²) in [6, 6.07) is 0. The van der Waals surface area contributed by atoms with Crippen molar-refractivity contribution in [1.29, 1.82) is 0 Å². The fraction of sp³-hybridized carbons (Fsp3) is 0.500. The predicted molar refractivity (Wildman–Crippen MR) is 58.4 cm³/mol. The molecule has 1 saturated heterocycles. The van der Waals surface area contributed by atoms with Gasteiger partial charge in [-0.3, -0.25) is 19.1 Å². The highest BCUT2D eigenvalue weighted by Crippen LogP contribution is 2.36. The second kappa shape index (κ2) is 4.68. The fourth-order valence-electron chi connectivity index (χ4n) is 1.62. The van der Waals surface area contributed by atoms with Gasteiger partial charge in [-0.25, -0.2) is 9.18 Å². The number of hydrogen-bond donors (Lipinski definition) is 3. The Morgan fingerprint density at radius 2 is 2.47 bits per heavy atom. The van der Waals surface area contributed by atoms with E-state index in [1.165, 1.54) is 0 Å². The van der Waals surface area contributed by atoms with Crippen LogP contribution in [0.2, 0.25) is 0 Å². The zero-order chi connectivity index (χ0) is 16.9. The van der Waals surface area contributed by atoms with Crippen molar-refractivity contribution in [3.63, 3.8) is 0 Å². The summed E-state index contributed by atoms with van der Waals surface area (Å²) in [5, 5.41) is 18.9. The summed E-state index contributed by atoms with van der Waals surface area (Å²) in [6.07, 6.45) is -5.47. The first-order chi connectivity index (χ1) is 9.94. The number of hydrogen-bond acceptors (Lipinski definition) is 6. The molecule has 0 aromatic carbocycles. The summed E-state index contributed by atoms with van der Waals surface area (Å²) in [4.78, 5) is 35.4. The van der Waals surface area contributed by atoms with Crippen LogP contribution >= 0.6 is 0 Å². The number of carbonyl (C=O) groups excluding carboxylic acids is 1. The molecule has 1 fully saturated rings. The Balaban J connectivity index is 2.60. The van der Waals surface area contributed by atoms with Crippen LogP contribution in [-0.4, -0.2) is 44.6 Å². The summed E-state index contributed by atoms with van der Waals surface area (Å²) in [5.41, 5.74) is -2.94. The molecule has 104 valence electrons. The van der Waals surface area contributed by atoms with Crippen LogP contribution in [-0.2, 0) is 4.74 Å². The van der Waals surface area contributed by atoms with E-state index in [4.69, 9.17) is 9.22 Å². The number of nitrogens with one attached hydrogen (secondary N) is 1. The maximum atomic E-state index is 14.3. The second-order valence-corrected chi connectivity index (χ2v) is 3.83. The lowest BCUT2D eigenvalue weighted by atomic mass is 10.2. The van der Waals surface area contributed by atoms with Crippen LogP contribution in [0.3, 0.4) is 0 Å². The van der Waals surface area contributed by atoms with Crippen molar-refractivity contribution in [3.8, 4) is 0 Å². The summed E-state index contributed by atoms with van der Waals surface area (Å²) in [7, 11) is 0. The van der Waals surface area contributed by atoms with Crippen molar-refractivity contribution in [2.75, 3.05) is 6.56 Å². The molecule has 3 atom stereocenters. The molecule has 2 rings (SSSR count). The van der Waals surface area contributed by atoms with E-state index in [0.29, 0.717) is 6.20 Å². The quantitative estimate of drug-likeness (QED) is 0.565. The SMILES string of the molecule is [2H]C([2H])(O)[C@]1(F)C[C@@H](O)[C@]([2H])(n2cc(C=O)c(=O)[nH]c2=O)O1. The van der Waals surface area contributed by atoms with Gasteiger partial charge in [0, 0.05) is 12.6 Å². The topological polar surface area (TPSA) is 122 Å². The zero-order valence-electron chi connectivity index (χ0n) is 12.3. The lowest BCUT2D eigenvalue weighted by molar-refractivity contribution is -0.180. The third-order valence-electron chi connectivity index (χ3n) is 2.51. The third kappa shape index (κ3) is 2.35. The van der Waals surface area contributed by atoms with Gasteiger partial charge in [0.25, 0.3) is 5.56 Å². The Morgan fingerprint density at radius 3 is 3.00 bits per heavy atom. The van der Waals surface area contributed by atoms with Crippen LogP contribution in [0.1, 0.15) is 27.1 Å². The molecule has 3 N–H and O–H groups in total. The molecule has 0 spiro atoms. The first-order valence-electron chi connectivity index (χ1n) is 6.56. The van der Waals surface area contributed by atoms with Crippen LogP contribution in [0.25, 0.3) is 0 Å². The van der Waals surface area contributed by atoms with Crippen molar-refractivity contribution >= 4 is 6.29 Å². The number of nitrogens with zero attached hydrogens (tertiary/aromatic N) is 1. The lowest BCUT2D eigenvalue weighted by Crippen LogP contribution is -2.37. The number of ether oxygens (including phenoxy) is 1. The van der Waals surface area contributed by atoms with Crippen molar-refractivity contribution in [3.05, 3.63) is 32.6 Å².